The van der Waals surface area contributed by atoms with E-state index >= 15 is 0 Å². The second kappa shape index (κ2) is 7.19. The van der Waals surface area contributed by atoms with Crippen LogP contribution in [0.2, 0.25) is 0 Å². The van der Waals surface area contributed by atoms with Crippen molar-refractivity contribution in [1.29, 1.82) is 0 Å². The van der Waals surface area contributed by atoms with Crippen LogP contribution in [0.3, 0.4) is 0 Å². The molecule has 2 radical (unpaired) electrons. The summed E-state index contributed by atoms with van der Waals surface area (Å²) >= 11 is 0. The first-order valence-electron chi connectivity index (χ1n) is 8.62. The van der Waals surface area contributed by atoms with Crippen LogP contribution < -0.4 is 5.46 Å². The largest absolute Gasteiger partial charge is 0.346 e. The van der Waals surface area contributed by atoms with Crippen LogP contribution in [0.1, 0.15) is 24.9 Å². The topological polar surface area (TPSA) is 59.4 Å². The smallest absolute Gasteiger partial charge is 0.141 e. The molecular weight excluding hydrogens is 340 g/mol. The molecule has 27 heavy (non-hydrogen) atoms. The predicted molar refractivity (Wildman–Crippen MR) is 105 cm³/mol. The van der Waals surface area contributed by atoms with E-state index in [0.29, 0.717) is 11.9 Å². The number of hydrogen-bond donors (Lipinski definition) is 1. The highest BCUT2D eigenvalue weighted by Crippen LogP contribution is 2.28. The van der Waals surface area contributed by atoms with E-state index in [-0.39, 0.29) is 11.9 Å². The molecule has 1 atom stereocenters. The van der Waals surface area contributed by atoms with E-state index in [0.717, 1.165) is 27.9 Å². The van der Waals surface area contributed by atoms with Crippen molar-refractivity contribution in [2.75, 3.05) is 0 Å². The average molecular weight is 357 g/mol. The Hall–Kier alpha value is -3.22. The van der Waals surface area contributed by atoms with Crippen LogP contribution in [0.5, 0.6) is 0 Å². The molecule has 5 nitrogen and oxygen atoms in total. The van der Waals surface area contributed by atoms with Gasteiger partial charge < -0.3 is 4.98 Å². The fourth-order valence-electron chi connectivity index (χ4n) is 3.17. The summed E-state index contributed by atoms with van der Waals surface area (Å²) in [7, 11) is 5.94. The molecule has 3 heterocycles. The Morgan fingerprint density at radius 2 is 2.22 bits per heavy atom. The minimum Gasteiger partial charge on any atom is -0.346 e. The summed E-state index contributed by atoms with van der Waals surface area (Å²) in [5.41, 5.74) is 4.08. The van der Waals surface area contributed by atoms with Crippen molar-refractivity contribution < 1.29 is 4.39 Å². The van der Waals surface area contributed by atoms with Gasteiger partial charge in [0.2, 0.25) is 0 Å². The van der Waals surface area contributed by atoms with Crippen LogP contribution in [-0.2, 0) is 0 Å². The van der Waals surface area contributed by atoms with Crippen molar-refractivity contribution in [2.24, 2.45) is 0 Å². The maximum atomic E-state index is 13.4. The van der Waals surface area contributed by atoms with Crippen LogP contribution in [-0.4, -0.2) is 32.6 Å². The summed E-state index contributed by atoms with van der Waals surface area (Å²) in [5.74, 6) is -0.221. The van der Waals surface area contributed by atoms with Crippen molar-refractivity contribution in [2.45, 2.75) is 19.4 Å². The summed E-state index contributed by atoms with van der Waals surface area (Å²) in [4.78, 5) is 11.7. The summed E-state index contributed by atoms with van der Waals surface area (Å²) in [5, 5.41) is 5.45. The maximum Gasteiger partial charge on any atom is 0.141 e. The van der Waals surface area contributed by atoms with Crippen LogP contribution in [0.15, 0.2) is 67.2 Å². The van der Waals surface area contributed by atoms with Gasteiger partial charge in [0.25, 0.3) is 0 Å². The molecule has 0 spiro atoms. The van der Waals surface area contributed by atoms with Gasteiger partial charge in [-0.1, -0.05) is 35.8 Å². The van der Waals surface area contributed by atoms with E-state index in [1.807, 2.05) is 47.4 Å². The average Bonchev–Trinajstić information content (AvgIpc) is 3.31. The lowest BCUT2D eigenvalue weighted by atomic mass is 9.91. The Kier molecular flexibility index (Phi) is 4.58. The van der Waals surface area contributed by atoms with Crippen LogP contribution in [0.4, 0.5) is 4.39 Å². The second-order valence-corrected chi connectivity index (χ2v) is 6.38. The maximum absolute atomic E-state index is 13.4. The molecule has 1 unspecified atom stereocenters. The zero-order chi connectivity index (χ0) is 18.8. The fourth-order valence-corrected chi connectivity index (χ4v) is 3.17. The first-order valence-corrected chi connectivity index (χ1v) is 8.62. The van der Waals surface area contributed by atoms with E-state index < -0.39 is 0 Å². The molecule has 0 saturated heterocycles. The first-order chi connectivity index (χ1) is 13.1. The monoisotopic (exact) mass is 357 g/mol. The number of benzene rings is 1. The number of aromatic nitrogens is 5. The molecule has 0 saturated carbocycles. The zero-order valence-corrected chi connectivity index (χ0v) is 14.8. The molecule has 1 N–H and O–H groups in total. The Morgan fingerprint density at radius 1 is 1.33 bits per heavy atom. The van der Waals surface area contributed by atoms with E-state index in [1.165, 1.54) is 13.3 Å². The fraction of sp³-hybridized carbons (Fsp3) is 0.150. The molecule has 0 aliphatic carbocycles. The normalized spacial score (nSPS) is 13.2. The quantitative estimate of drug-likeness (QED) is 0.557. The Labute approximate surface area is 157 Å². The highest BCUT2D eigenvalue weighted by molar-refractivity contribution is 6.32. The van der Waals surface area contributed by atoms with Crippen molar-refractivity contribution in [1.82, 2.24) is 24.7 Å². The van der Waals surface area contributed by atoms with Crippen LogP contribution in [0.25, 0.3) is 22.3 Å². The summed E-state index contributed by atoms with van der Waals surface area (Å²) in [6.07, 6.45) is 9.07. The molecule has 0 aliphatic rings. The Bertz CT molecular complexity index is 1110. The molecule has 0 fully saturated rings. The number of aromatic amines is 1. The molecule has 4 rings (SSSR count). The number of halogens is 1. The van der Waals surface area contributed by atoms with Gasteiger partial charge in [0.15, 0.2) is 0 Å². The molecule has 0 amide bonds. The lowest BCUT2D eigenvalue weighted by molar-refractivity contribution is 0.520. The first kappa shape index (κ1) is 17.2. The highest BCUT2D eigenvalue weighted by Gasteiger charge is 2.16. The third-order valence-electron chi connectivity index (χ3n) is 4.47. The van der Waals surface area contributed by atoms with Crippen LogP contribution in [0, 0.1) is 0 Å². The number of allylic oxidation sites excluding steroid dienone is 2. The van der Waals surface area contributed by atoms with Gasteiger partial charge in [-0.3, -0.25) is 4.68 Å². The van der Waals surface area contributed by atoms with Crippen molar-refractivity contribution in [3.8, 4) is 11.3 Å². The Balaban J connectivity index is 1.75. The van der Waals surface area contributed by atoms with Gasteiger partial charge in [-0.2, -0.15) is 5.10 Å². The molecule has 7 heteroatoms. The molecule has 0 aliphatic heterocycles. The SMILES string of the molecule is [B]c1cccc(C(C/C=C(/C)F)n2cc(-c3ncnc4[nH]ccc34)cn2)c1. The lowest BCUT2D eigenvalue weighted by Crippen LogP contribution is -2.13. The zero-order valence-electron chi connectivity index (χ0n) is 14.8. The molecule has 3 aromatic heterocycles. The van der Waals surface area contributed by atoms with Crippen molar-refractivity contribution >= 4 is 24.3 Å². The summed E-state index contributed by atoms with van der Waals surface area (Å²) in [6.45, 7) is 1.44. The third kappa shape index (κ3) is 3.53. The van der Waals surface area contributed by atoms with E-state index in [9.17, 15) is 4.39 Å². The van der Waals surface area contributed by atoms with E-state index in [4.69, 9.17) is 7.85 Å². The molecule has 4 aromatic rings. The predicted octanol–water partition coefficient (Wildman–Crippen LogP) is 3.47. The number of rotatable bonds is 5. The number of hydrogen-bond acceptors (Lipinski definition) is 3. The molecule has 132 valence electrons. The second-order valence-electron chi connectivity index (χ2n) is 6.38. The number of nitrogens with zero attached hydrogens (tertiary/aromatic N) is 4. The minimum absolute atomic E-state index is 0.170. The minimum atomic E-state index is -0.221. The molecule has 0 bridgehead atoms. The highest BCUT2D eigenvalue weighted by atomic mass is 19.1. The van der Waals surface area contributed by atoms with Crippen molar-refractivity contribution in [3.05, 3.63) is 72.7 Å². The van der Waals surface area contributed by atoms with Gasteiger partial charge in [-0.25, -0.2) is 14.4 Å². The summed E-state index contributed by atoms with van der Waals surface area (Å²) < 4.78 is 15.2. The van der Waals surface area contributed by atoms with E-state index in [1.54, 1.807) is 12.3 Å². The van der Waals surface area contributed by atoms with Crippen LogP contribution >= 0.6 is 0 Å². The molecule has 1 aromatic carbocycles. The van der Waals surface area contributed by atoms with E-state index in [2.05, 4.69) is 20.1 Å². The number of nitrogens with one attached hydrogen (secondary N) is 1. The van der Waals surface area contributed by atoms with Gasteiger partial charge in [-0.15, -0.1) is 0 Å². The Morgan fingerprint density at radius 3 is 3.04 bits per heavy atom. The lowest BCUT2D eigenvalue weighted by Gasteiger charge is -2.17. The third-order valence-corrected chi connectivity index (χ3v) is 4.47. The number of fused-ring (bicyclic) bond motifs is 1. The standard InChI is InChI=1S/C20H17BFN5/c1-13(22)5-6-18(14-3-2-4-16(21)9-14)27-11-15(10-26-27)19-17-7-8-23-20(17)25-12-24-19/h2-5,7-12,18H,6H2,1H3,(H,23,24,25)/b13-5-. The summed E-state index contributed by atoms with van der Waals surface area (Å²) in [6, 6.07) is 9.35. The number of H-pyrrole nitrogens is 1. The van der Waals surface area contributed by atoms with Gasteiger partial charge in [0, 0.05) is 23.3 Å². The molecular formula is C20H17BFN5. The van der Waals surface area contributed by atoms with Gasteiger partial charge in [0.1, 0.15) is 19.8 Å². The van der Waals surface area contributed by atoms with Gasteiger partial charge in [0.05, 0.1) is 23.8 Å². The van der Waals surface area contributed by atoms with Gasteiger partial charge in [-0.05, 0) is 25.0 Å². The van der Waals surface area contributed by atoms with Crippen molar-refractivity contribution in [3.63, 3.8) is 0 Å². The van der Waals surface area contributed by atoms with Gasteiger partial charge >= 0.3 is 0 Å².